The first-order valence-electron chi connectivity index (χ1n) is 13.0. The van der Waals surface area contributed by atoms with Gasteiger partial charge in [-0.1, -0.05) is 41.7 Å². The third-order valence-corrected chi connectivity index (χ3v) is 9.09. The molecule has 0 radical (unpaired) electrons. The Hall–Kier alpha value is -3.17. The highest BCUT2D eigenvalue weighted by Crippen LogP contribution is 2.34. The van der Waals surface area contributed by atoms with Gasteiger partial charge in [-0.05, 0) is 61.0 Å². The Kier molecular flexibility index (Phi) is 7.21. The van der Waals surface area contributed by atoms with Crippen molar-refractivity contribution in [3.63, 3.8) is 0 Å². The van der Waals surface area contributed by atoms with Gasteiger partial charge in [-0.3, -0.25) is 14.6 Å². The molecule has 0 spiro atoms. The van der Waals surface area contributed by atoms with E-state index in [2.05, 4.69) is 36.9 Å². The first-order chi connectivity index (χ1) is 18.6. The van der Waals surface area contributed by atoms with Gasteiger partial charge in [0.1, 0.15) is 0 Å². The van der Waals surface area contributed by atoms with Gasteiger partial charge in [-0.25, -0.2) is 9.97 Å². The second-order valence-corrected chi connectivity index (χ2v) is 11.7. The Labute approximate surface area is 230 Å². The van der Waals surface area contributed by atoms with Crippen LogP contribution in [-0.2, 0) is 4.74 Å². The number of pyridine rings is 1. The number of morpholine rings is 1. The molecule has 1 aliphatic heterocycles. The maximum atomic E-state index is 14.4. The van der Waals surface area contributed by atoms with Gasteiger partial charge in [0.15, 0.2) is 5.13 Å². The van der Waals surface area contributed by atoms with Crippen LogP contribution >= 0.6 is 22.7 Å². The number of amides is 1. The monoisotopic (exact) mass is 542 g/mol. The number of carbonyl (C=O) groups excluding carboxylic acids is 1. The summed E-state index contributed by atoms with van der Waals surface area (Å²) < 4.78 is 6.64. The Morgan fingerprint density at radius 1 is 1.03 bits per heavy atom. The summed E-state index contributed by atoms with van der Waals surface area (Å²) >= 11 is 3.24. The number of thiazole rings is 1. The lowest BCUT2D eigenvalue weighted by Gasteiger charge is -2.28. The van der Waals surface area contributed by atoms with Crippen molar-refractivity contribution in [2.24, 2.45) is 0 Å². The lowest BCUT2D eigenvalue weighted by molar-refractivity contribution is 0.0376. The van der Waals surface area contributed by atoms with Gasteiger partial charge in [0.25, 0.3) is 5.91 Å². The van der Waals surface area contributed by atoms with E-state index in [1.165, 1.54) is 11.1 Å². The molecule has 5 aromatic rings. The topological polar surface area (TPSA) is 58.6 Å². The standard InChI is InChI=1S/C30H30N4O2S2/c1-20-17-21(2)28-26(18-20)32-30(38-28)34(11-6-10-33-12-14-36-15-13-33)29(35)23-19-25(27-9-5-16-37-27)31-24-8-4-3-7-22(23)24/h3-5,7-9,16-19H,6,10-15H2,1-2H3. The van der Waals surface area contributed by atoms with E-state index < -0.39 is 0 Å². The lowest BCUT2D eigenvalue weighted by Crippen LogP contribution is -2.39. The van der Waals surface area contributed by atoms with Crippen molar-refractivity contribution in [1.82, 2.24) is 14.9 Å². The van der Waals surface area contributed by atoms with E-state index in [0.29, 0.717) is 12.1 Å². The Morgan fingerprint density at radius 2 is 1.87 bits per heavy atom. The highest BCUT2D eigenvalue weighted by molar-refractivity contribution is 7.22. The smallest absolute Gasteiger partial charge is 0.260 e. The van der Waals surface area contributed by atoms with Crippen LogP contribution in [0.3, 0.4) is 0 Å². The number of aromatic nitrogens is 2. The highest BCUT2D eigenvalue weighted by Gasteiger charge is 2.25. The number of benzene rings is 2. The summed E-state index contributed by atoms with van der Waals surface area (Å²) in [5.41, 5.74) is 5.64. The quantitative estimate of drug-likeness (QED) is 0.233. The summed E-state index contributed by atoms with van der Waals surface area (Å²) in [6, 6.07) is 18.2. The van der Waals surface area contributed by atoms with Crippen molar-refractivity contribution in [1.29, 1.82) is 0 Å². The fraction of sp³-hybridized carbons (Fsp3) is 0.300. The zero-order chi connectivity index (χ0) is 26.1. The van der Waals surface area contributed by atoms with Crippen LogP contribution in [0.25, 0.3) is 31.7 Å². The van der Waals surface area contributed by atoms with E-state index in [1.54, 1.807) is 22.7 Å². The molecule has 1 fully saturated rings. The van der Waals surface area contributed by atoms with Crippen molar-refractivity contribution in [2.45, 2.75) is 20.3 Å². The van der Waals surface area contributed by atoms with Crippen LogP contribution in [0, 0.1) is 13.8 Å². The molecule has 0 bridgehead atoms. The summed E-state index contributed by atoms with van der Waals surface area (Å²) in [5, 5.41) is 3.65. The Morgan fingerprint density at radius 3 is 2.68 bits per heavy atom. The number of hydrogen-bond donors (Lipinski definition) is 0. The van der Waals surface area contributed by atoms with Crippen molar-refractivity contribution in [2.75, 3.05) is 44.3 Å². The van der Waals surface area contributed by atoms with Gasteiger partial charge in [-0.15, -0.1) is 11.3 Å². The number of carbonyl (C=O) groups is 1. The molecule has 6 nitrogen and oxygen atoms in total. The molecule has 0 saturated carbocycles. The average Bonchev–Trinajstić information content (AvgIpc) is 3.62. The van der Waals surface area contributed by atoms with Gasteiger partial charge >= 0.3 is 0 Å². The molecule has 0 unspecified atom stereocenters. The SMILES string of the molecule is Cc1cc(C)c2sc(N(CCCN3CCOCC3)C(=O)c3cc(-c4cccs4)nc4ccccc34)nc2c1. The predicted molar refractivity (Wildman–Crippen MR) is 158 cm³/mol. The van der Waals surface area contributed by atoms with Gasteiger partial charge in [-0.2, -0.15) is 0 Å². The van der Waals surface area contributed by atoms with Crippen molar-refractivity contribution in [3.8, 4) is 10.6 Å². The first-order valence-corrected chi connectivity index (χ1v) is 14.7. The van der Waals surface area contributed by atoms with Gasteiger partial charge < -0.3 is 4.74 Å². The van der Waals surface area contributed by atoms with E-state index >= 15 is 0 Å². The summed E-state index contributed by atoms with van der Waals surface area (Å²) in [5.74, 6) is -0.0307. The maximum absolute atomic E-state index is 14.4. The highest BCUT2D eigenvalue weighted by atomic mass is 32.1. The molecule has 194 valence electrons. The maximum Gasteiger partial charge on any atom is 0.260 e. The molecule has 38 heavy (non-hydrogen) atoms. The molecule has 0 N–H and O–H groups in total. The van der Waals surface area contributed by atoms with E-state index in [9.17, 15) is 4.79 Å². The van der Waals surface area contributed by atoms with Gasteiger partial charge in [0, 0.05) is 31.6 Å². The number of rotatable bonds is 7. The minimum Gasteiger partial charge on any atom is -0.379 e. The minimum atomic E-state index is -0.0307. The van der Waals surface area contributed by atoms with Crippen LogP contribution in [0.1, 0.15) is 27.9 Å². The second kappa shape index (κ2) is 10.9. The minimum absolute atomic E-state index is 0.0307. The van der Waals surface area contributed by atoms with Crippen molar-refractivity contribution < 1.29 is 9.53 Å². The number of para-hydroxylation sites is 1. The summed E-state index contributed by atoms with van der Waals surface area (Å²) in [6.07, 6.45) is 0.862. The number of anilines is 1. The van der Waals surface area contributed by atoms with Crippen LogP contribution < -0.4 is 4.90 Å². The number of hydrogen-bond acceptors (Lipinski definition) is 7. The zero-order valence-corrected chi connectivity index (χ0v) is 23.3. The molecule has 6 rings (SSSR count). The average molecular weight is 543 g/mol. The Bertz CT molecular complexity index is 1590. The number of fused-ring (bicyclic) bond motifs is 2. The second-order valence-electron chi connectivity index (χ2n) is 9.74. The fourth-order valence-corrected chi connectivity index (χ4v) is 6.82. The number of aryl methyl sites for hydroxylation is 2. The number of ether oxygens (including phenoxy) is 1. The number of nitrogens with zero attached hydrogens (tertiary/aromatic N) is 4. The molecule has 1 saturated heterocycles. The molecule has 1 amide bonds. The molecule has 0 atom stereocenters. The van der Waals surface area contributed by atoms with Crippen LogP contribution in [0.15, 0.2) is 60.0 Å². The first kappa shape index (κ1) is 25.1. The zero-order valence-electron chi connectivity index (χ0n) is 21.6. The summed E-state index contributed by atoms with van der Waals surface area (Å²) in [6.45, 7) is 9.14. The molecule has 4 heterocycles. The van der Waals surface area contributed by atoms with Gasteiger partial charge in [0.2, 0.25) is 0 Å². The molecular formula is C30H30N4O2S2. The van der Waals surface area contributed by atoms with Gasteiger partial charge in [0.05, 0.1) is 45.1 Å². The van der Waals surface area contributed by atoms with Crippen LogP contribution in [0.2, 0.25) is 0 Å². The van der Waals surface area contributed by atoms with Crippen LogP contribution in [0.5, 0.6) is 0 Å². The van der Waals surface area contributed by atoms with E-state index in [4.69, 9.17) is 14.7 Å². The molecule has 1 aliphatic rings. The Balaban J connectivity index is 1.40. The van der Waals surface area contributed by atoms with E-state index in [0.717, 1.165) is 76.1 Å². The van der Waals surface area contributed by atoms with Crippen molar-refractivity contribution >= 4 is 54.8 Å². The van der Waals surface area contributed by atoms with E-state index in [1.807, 2.05) is 46.7 Å². The van der Waals surface area contributed by atoms with Crippen LogP contribution in [0.4, 0.5) is 5.13 Å². The largest absolute Gasteiger partial charge is 0.379 e. The third kappa shape index (κ3) is 5.09. The molecule has 0 aliphatic carbocycles. The fourth-order valence-electron chi connectivity index (χ4n) is 5.09. The van der Waals surface area contributed by atoms with Crippen LogP contribution in [-0.4, -0.2) is 60.2 Å². The molecule has 3 aromatic heterocycles. The normalized spacial score (nSPS) is 14.4. The van der Waals surface area contributed by atoms with Crippen molar-refractivity contribution in [3.05, 3.63) is 76.7 Å². The number of thiophene rings is 1. The molecule has 2 aromatic carbocycles. The predicted octanol–water partition coefficient (Wildman–Crippen LogP) is 6.56. The molecule has 8 heteroatoms. The third-order valence-electron chi connectivity index (χ3n) is 6.96. The summed E-state index contributed by atoms with van der Waals surface area (Å²) in [7, 11) is 0. The van der Waals surface area contributed by atoms with E-state index in [-0.39, 0.29) is 5.91 Å². The molecular weight excluding hydrogens is 512 g/mol. The lowest BCUT2D eigenvalue weighted by atomic mass is 10.1. The summed E-state index contributed by atoms with van der Waals surface area (Å²) in [4.78, 5) is 29.6.